The summed E-state index contributed by atoms with van der Waals surface area (Å²) >= 11 is 0. The van der Waals surface area contributed by atoms with Crippen molar-refractivity contribution in [3.63, 3.8) is 0 Å². The number of benzene rings is 1. The van der Waals surface area contributed by atoms with Gasteiger partial charge in [0.15, 0.2) is 0 Å². The molecular formula is C21H28FN3O3. The molecular weight excluding hydrogens is 361 g/mol. The van der Waals surface area contributed by atoms with Gasteiger partial charge in [0.05, 0.1) is 17.5 Å². The zero-order valence-corrected chi connectivity index (χ0v) is 16.7. The molecule has 0 unspecified atom stereocenters. The molecule has 2 heterocycles. The smallest absolute Gasteiger partial charge is 0.313 e. The summed E-state index contributed by atoms with van der Waals surface area (Å²) in [5.74, 6) is -1.31. The average Bonchev–Trinajstić information content (AvgIpc) is 2.96. The zero-order valence-electron chi connectivity index (χ0n) is 16.7. The van der Waals surface area contributed by atoms with Crippen molar-refractivity contribution in [2.75, 3.05) is 13.1 Å². The van der Waals surface area contributed by atoms with E-state index in [1.807, 2.05) is 31.7 Å². The lowest BCUT2D eigenvalue weighted by Gasteiger charge is -2.43. The Hall–Kier alpha value is -2.25. The van der Waals surface area contributed by atoms with Crippen molar-refractivity contribution in [1.29, 1.82) is 0 Å². The van der Waals surface area contributed by atoms with Gasteiger partial charge in [-0.1, -0.05) is 13.3 Å². The Morgan fingerprint density at radius 3 is 2.71 bits per heavy atom. The molecule has 1 aliphatic rings. The van der Waals surface area contributed by atoms with Crippen LogP contribution in [0.4, 0.5) is 4.39 Å². The first kappa shape index (κ1) is 20.5. The first-order valence-electron chi connectivity index (χ1n) is 9.72. The van der Waals surface area contributed by atoms with Gasteiger partial charge in [0, 0.05) is 25.3 Å². The number of halogens is 1. The summed E-state index contributed by atoms with van der Waals surface area (Å²) in [6.07, 6.45) is 0.600. The Balaban J connectivity index is 1.92. The van der Waals surface area contributed by atoms with E-state index in [9.17, 15) is 19.4 Å². The molecule has 2 aromatic rings. The fourth-order valence-corrected chi connectivity index (χ4v) is 4.31. The maximum atomic E-state index is 14.0. The Morgan fingerprint density at radius 1 is 1.36 bits per heavy atom. The molecule has 1 aromatic carbocycles. The summed E-state index contributed by atoms with van der Waals surface area (Å²) in [4.78, 5) is 14.0. The fraction of sp³-hybridized carbons (Fsp3) is 0.524. The fourth-order valence-electron chi connectivity index (χ4n) is 4.31. The van der Waals surface area contributed by atoms with Crippen LogP contribution < -0.4 is 0 Å². The molecule has 1 fully saturated rings. The van der Waals surface area contributed by atoms with Gasteiger partial charge in [0.1, 0.15) is 11.2 Å². The molecule has 1 aliphatic heterocycles. The molecule has 0 bridgehead atoms. The Bertz CT molecular complexity index is 867. The lowest BCUT2D eigenvalue weighted by Crippen LogP contribution is -2.55. The number of nitrogens with zero attached hydrogens (tertiary/aromatic N) is 3. The highest BCUT2D eigenvalue weighted by Gasteiger charge is 2.48. The van der Waals surface area contributed by atoms with Crippen molar-refractivity contribution < 1.29 is 19.4 Å². The van der Waals surface area contributed by atoms with Crippen LogP contribution in [0, 0.1) is 25.1 Å². The number of hydrogen-bond acceptors (Lipinski definition) is 4. The number of carboxylic acids is 1. The monoisotopic (exact) mass is 389 g/mol. The predicted molar refractivity (Wildman–Crippen MR) is 104 cm³/mol. The van der Waals surface area contributed by atoms with Gasteiger partial charge in [0.25, 0.3) is 0 Å². The van der Waals surface area contributed by atoms with Gasteiger partial charge >= 0.3 is 5.97 Å². The third kappa shape index (κ3) is 3.82. The Morgan fingerprint density at radius 2 is 2.11 bits per heavy atom. The standard InChI is InChI=1S/C21H28FN3O3/c1-4-8-21(20(27)28)13-24(9-7-19(21)26)12-16-11-17(22)5-6-18(16)25-15(3)10-14(2)23-25/h5-6,10-11,19,26H,4,7-9,12-13H2,1-3H3,(H,27,28)/t19-,21-/m1/s1. The zero-order chi connectivity index (χ0) is 20.5. The van der Waals surface area contributed by atoms with Gasteiger partial charge in [-0.25, -0.2) is 9.07 Å². The van der Waals surface area contributed by atoms with E-state index < -0.39 is 17.5 Å². The minimum atomic E-state index is -1.18. The first-order chi connectivity index (χ1) is 13.3. The van der Waals surface area contributed by atoms with Gasteiger partial charge in [0.2, 0.25) is 0 Å². The Labute approximate surface area is 164 Å². The predicted octanol–water partition coefficient (Wildman–Crippen LogP) is 3.07. The number of carbonyl (C=O) groups is 1. The number of piperidine rings is 1. The van der Waals surface area contributed by atoms with Crippen LogP contribution in [0.3, 0.4) is 0 Å². The third-order valence-electron chi connectivity index (χ3n) is 5.66. The molecule has 0 amide bonds. The van der Waals surface area contributed by atoms with Crippen LogP contribution in [0.15, 0.2) is 24.3 Å². The highest BCUT2D eigenvalue weighted by atomic mass is 19.1. The van der Waals surface area contributed by atoms with Crippen LogP contribution in [-0.2, 0) is 11.3 Å². The van der Waals surface area contributed by atoms with E-state index in [1.165, 1.54) is 12.1 Å². The topological polar surface area (TPSA) is 78.6 Å². The van der Waals surface area contributed by atoms with Crippen molar-refractivity contribution >= 4 is 5.97 Å². The SMILES string of the molecule is CCC[C@@]1(C(=O)O)CN(Cc2cc(F)ccc2-n2nc(C)cc2C)CC[C@H]1O. The maximum absolute atomic E-state index is 14.0. The van der Waals surface area contributed by atoms with Gasteiger partial charge in [-0.15, -0.1) is 0 Å². The van der Waals surface area contributed by atoms with E-state index in [0.29, 0.717) is 32.4 Å². The molecule has 3 rings (SSSR count). The second-order valence-corrected chi connectivity index (χ2v) is 7.84. The number of aryl methyl sites for hydroxylation is 2. The van der Waals surface area contributed by atoms with E-state index in [2.05, 4.69) is 5.10 Å². The molecule has 0 spiro atoms. The number of rotatable bonds is 6. The van der Waals surface area contributed by atoms with E-state index in [0.717, 1.165) is 22.6 Å². The number of likely N-dealkylation sites (tertiary alicyclic amines) is 1. The molecule has 0 saturated carbocycles. The lowest BCUT2D eigenvalue weighted by atomic mass is 9.74. The van der Waals surface area contributed by atoms with Crippen LogP contribution in [0.1, 0.15) is 43.1 Å². The molecule has 2 atom stereocenters. The maximum Gasteiger partial charge on any atom is 0.313 e. The molecule has 7 heteroatoms. The summed E-state index contributed by atoms with van der Waals surface area (Å²) in [5, 5.41) is 24.8. The largest absolute Gasteiger partial charge is 0.481 e. The van der Waals surface area contributed by atoms with Crippen molar-refractivity contribution in [3.8, 4) is 5.69 Å². The van der Waals surface area contributed by atoms with Gasteiger partial charge < -0.3 is 10.2 Å². The van der Waals surface area contributed by atoms with Crippen LogP contribution in [0.5, 0.6) is 0 Å². The summed E-state index contributed by atoms with van der Waals surface area (Å²) in [7, 11) is 0. The van der Waals surface area contributed by atoms with E-state index in [-0.39, 0.29) is 12.4 Å². The second kappa shape index (κ2) is 8.01. The molecule has 0 aliphatic carbocycles. The quantitative estimate of drug-likeness (QED) is 0.794. The minimum absolute atomic E-state index is 0.240. The number of carboxylic acid groups (broad SMARTS) is 1. The number of aliphatic carboxylic acids is 1. The molecule has 6 nitrogen and oxygen atoms in total. The first-order valence-corrected chi connectivity index (χ1v) is 9.72. The van der Waals surface area contributed by atoms with Crippen molar-refractivity contribution in [1.82, 2.24) is 14.7 Å². The summed E-state index contributed by atoms with van der Waals surface area (Å²) in [5.41, 5.74) is 2.18. The van der Waals surface area contributed by atoms with Gasteiger partial charge in [-0.3, -0.25) is 9.69 Å². The summed E-state index contributed by atoms with van der Waals surface area (Å²) in [6, 6.07) is 6.56. The number of aliphatic hydroxyl groups is 1. The number of hydrogen-bond donors (Lipinski definition) is 2. The molecule has 0 radical (unpaired) electrons. The van der Waals surface area contributed by atoms with Crippen molar-refractivity contribution in [3.05, 3.63) is 47.0 Å². The highest BCUT2D eigenvalue weighted by molar-refractivity contribution is 5.76. The number of aromatic nitrogens is 2. The van der Waals surface area contributed by atoms with E-state index in [4.69, 9.17) is 0 Å². The van der Waals surface area contributed by atoms with Crippen LogP contribution in [0.25, 0.3) is 5.69 Å². The summed E-state index contributed by atoms with van der Waals surface area (Å²) < 4.78 is 15.8. The van der Waals surface area contributed by atoms with Crippen LogP contribution >= 0.6 is 0 Å². The van der Waals surface area contributed by atoms with E-state index >= 15 is 0 Å². The number of aliphatic hydroxyl groups excluding tert-OH is 1. The second-order valence-electron chi connectivity index (χ2n) is 7.84. The average molecular weight is 389 g/mol. The molecule has 28 heavy (non-hydrogen) atoms. The van der Waals surface area contributed by atoms with E-state index in [1.54, 1.807) is 10.7 Å². The lowest BCUT2D eigenvalue weighted by molar-refractivity contribution is -0.164. The van der Waals surface area contributed by atoms with Crippen LogP contribution in [0.2, 0.25) is 0 Å². The third-order valence-corrected chi connectivity index (χ3v) is 5.66. The molecule has 1 saturated heterocycles. The highest BCUT2D eigenvalue weighted by Crippen LogP contribution is 2.36. The van der Waals surface area contributed by atoms with Gasteiger partial charge in [-0.05, 0) is 56.5 Å². The van der Waals surface area contributed by atoms with Crippen molar-refractivity contribution in [2.24, 2.45) is 5.41 Å². The minimum Gasteiger partial charge on any atom is -0.481 e. The van der Waals surface area contributed by atoms with Gasteiger partial charge in [-0.2, -0.15) is 5.10 Å². The summed E-state index contributed by atoms with van der Waals surface area (Å²) in [6.45, 7) is 6.98. The normalized spacial score (nSPS) is 23.1. The Kier molecular flexibility index (Phi) is 5.86. The molecule has 1 aromatic heterocycles. The molecule has 152 valence electrons. The van der Waals surface area contributed by atoms with Crippen LogP contribution in [-0.4, -0.2) is 50.1 Å². The van der Waals surface area contributed by atoms with Crippen molar-refractivity contribution in [2.45, 2.75) is 52.7 Å². The molecule has 2 N–H and O–H groups in total.